The number of aromatic nitrogens is 1. The summed E-state index contributed by atoms with van der Waals surface area (Å²) in [6.07, 6.45) is -1.85. The largest absolute Gasteiger partial charge is 0.573 e. The molecule has 1 saturated carbocycles. The van der Waals surface area contributed by atoms with Gasteiger partial charge in [-0.05, 0) is 62.1 Å². The van der Waals surface area contributed by atoms with Gasteiger partial charge in [0.25, 0.3) is 0 Å². The Labute approximate surface area is 153 Å². The van der Waals surface area contributed by atoms with Crippen LogP contribution in [0.1, 0.15) is 35.8 Å². The number of Topliss-reactive ketones (excluding diaryl/α,β-unsaturated/α-hetero) is 1. The number of aromatic amines is 1. The van der Waals surface area contributed by atoms with Crippen LogP contribution in [0.25, 0.3) is 0 Å². The summed E-state index contributed by atoms with van der Waals surface area (Å²) >= 11 is 0. The van der Waals surface area contributed by atoms with E-state index < -0.39 is 29.3 Å². The number of carbonyl (C=O) groups excluding carboxylic acids is 2. The predicted molar refractivity (Wildman–Crippen MR) is 89.3 cm³/mol. The highest BCUT2D eigenvalue weighted by Gasteiger charge is 2.59. The van der Waals surface area contributed by atoms with Crippen LogP contribution >= 0.6 is 0 Å². The lowest BCUT2D eigenvalue weighted by molar-refractivity contribution is -0.274. The van der Waals surface area contributed by atoms with E-state index in [1.807, 2.05) is 0 Å². The molecule has 2 aromatic rings. The van der Waals surface area contributed by atoms with Gasteiger partial charge in [-0.15, -0.1) is 13.2 Å². The molecule has 1 aromatic heterocycles. The lowest BCUT2D eigenvalue weighted by Gasteiger charge is -2.29. The van der Waals surface area contributed by atoms with E-state index in [0.29, 0.717) is 18.5 Å². The first-order valence-electron chi connectivity index (χ1n) is 8.50. The Bertz CT molecular complexity index is 810. The fourth-order valence-electron chi connectivity index (χ4n) is 3.27. The van der Waals surface area contributed by atoms with Crippen LogP contribution in [0, 0.1) is 5.92 Å². The Hall–Kier alpha value is -2.77. The molecular formula is C19H18F3NO4. The lowest BCUT2D eigenvalue weighted by Crippen LogP contribution is -2.47. The minimum atomic E-state index is -4.82. The van der Waals surface area contributed by atoms with Crippen molar-refractivity contribution in [3.63, 3.8) is 0 Å². The predicted octanol–water partition coefficient (Wildman–Crippen LogP) is 4.01. The molecule has 0 radical (unpaired) electrons. The number of H-pyrrole nitrogens is 1. The van der Waals surface area contributed by atoms with Crippen molar-refractivity contribution in [3.05, 3.63) is 53.9 Å². The van der Waals surface area contributed by atoms with Gasteiger partial charge in [0.1, 0.15) is 5.75 Å². The van der Waals surface area contributed by atoms with E-state index in [-0.39, 0.29) is 18.1 Å². The van der Waals surface area contributed by atoms with E-state index in [9.17, 15) is 22.8 Å². The first-order valence-corrected chi connectivity index (χ1v) is 8.50. The monoisotopic (exact) mass is 381 g/mol. The van der Waals surface area contributed by atoms with Crippen molar-refractivity contribution < 1.29 is 32.2 Å². The second kappa shape index (κ2) is 7.09. The van der Waals surface area contributed by atoms with Gasteiger partial charge in [0.15, 0.2) is 11.2 Å². The highest BCUT2D eigenvalue weighted by Crippen LogP contribution is 2.49. The lowest BCUT2D eigenvalue weighted by atomic mass is 9.73. The number of ketones is 1. The Morgan fingerprint density at radius 3 is 2.30 bits per heavy atom. The topological polar surface area (TPSA) is 68.4 Å². The van der Waals surface area contributed by atoms with Gasteiger partial charge in [-0.3, -0.25) is 9.59 Å². The van der Waals surface area contributed by atoms with E-state index >= 15 is 0 Å². The number of nitrogens with one attached hydrogen (secondary N) is 1. The third-order valence-corrected chi connectivity index (χ3v) is 4.52. The first-order chi connectivity index (χ1) is 12.8. The summed E-state index contributed by atoms with van der Waals surface area (Å²) in [7, 11) is 0. The summed E-state index contributed by atoms with van der Waals surface area (Å²) in [5, 5.41) is 0. The van der Waals surface area contributed by atoms with Gasteiger partial charge in [-0.1, -0.05) is 0 Å². The fraction of sp³-hybridized carbons (Fsp3) is 0.368. The number of esters is 1. The highest BCUT2D eigenvalue weighted by molar-refractivity contribution is 6.17. The Morgan fingerprint density at radius 2 is 1.81 bits per heavy atom. The van der Waals surface area contributed by atoms with Crippen LogP contribution < -0.4 is 4.74 Å². The molecular weight excluding hydrogens is 363 g/mol. The van der Waals surface area contributed by atoms with Gasteiger partial charge in [-0.2, -0.15) is 0 Å². The van der Waals surface area contributed by atoms with Gasteiger partial charge < -0.3 is 14.5 Å². The fourth-order valence-corrected chi connectivity index (χ4v) is 3.27. The average Bonchev–Trinajstić information content (AvgIpc) is 3.29. The minimum Gasteiger partial charge on any atom is -0.465 e. The quantitative estimate of drug-likeness (QED) is 0.447. The van der Waals surface area contributed by atoms with Crippen LogP contribution in [0.3, 0.4) is 0 Å². The molecule has 0 aliphatic heterocycles. The van der Waals surface area contributed by atoms with Crippen molar-refractivity contribution in [1.82, 2.24) is 4.98 Å². The number of halogens is 3. The van der Waals surface area contributed by atoms with Crippen molar-refractivity contribution in [2.45, 2.75) is 31.5 Å². The summed E-state index contributed by atoms with van der Waals surface area (Å²) in [4.78, 5) is 29.2. The van der Waals surface area contributed by atoms with Gasteiger partial charge in [0.05, 0.1) is 6.61 Å². The molecule has 1 aliphatic rings. The number of benzene rings is 1. The van der Waals surface area contributed by atoms with Crippen molar-refractivity contribution >= 4 is 11.8 Å². The van der Waals surface area contributed by atoms with E-state index in [0.717, 1.165) is 12.1 Å². The van der Waals surface area contributed by atoms with Crippen molar-refractivity contribution in [2.75, 3.05) is 6.61 Å². The maximum atomic E-state index is 13.4. The summed E-state index contributed by atoms with van der Waals surface area (Å²) in [5.74, 6) is -1.83. The molecule has 144 valence electrons. The van der Waals surface area contributed by atoms with Gasteiger partial charge in [-0.25, -0.2) is 0 Å². The second-order valence-electron chi connectivity index (χ2n) is 6.29. The molecule has 1 aliphatic carbocycles. The van der Waals surface area contributed by atoms with Crippen molar-refractivity contribution in [3.8, 4) is 5.75 Å². The summed E-state index contributed by atoms with van der Waals surface area (Å²) in [6, 6.07) is 7.88. The molecule has 1 atom stereocenters. The standard InChI is InChI=1S/C19H18F3NO4/c1-2-26-17(25)18(13-7-8-13,15-4-3-11-23-15)16(24)12-5-9-14(10-6-12)27-19(20,21)22/h3-6,9-11,13,23H,2,7-8H2,1H3. The second-order valence-corrected chi connectivity index (χ2v) is 6.29. The summed E-state index contributed by atoms with van der Waals surface area (Å²) < 4.78 is 46.0. The van der Waals surface area contributed by atoms with Gasteiger partial charge in [0.2, 0.25) is 0 Å². The smallest absolute Gasteiger partial charge is 0.465 e. The van der Waals surface area contributed by atoms with Crippen LogP contribution in [0.2, 0.25) is 0 Å². The number of rotatable bonds is 7. The van der Waals surface area contributed by atoms with Crippen LogP contribution in [-0.2, 0) is 14.9 Å². The first kappa shape index (κ1) is 19.0. The number of ether oxygens (including phenoxy) is 2. The third-order valence-electron chi connectivity index (χ3n) is 4.52. The zero-order valence-electron chi connectivity index (χ0n) is 14.5. The van der Waals surface area contributed by atoms with E-state index in [1.54, 1.807) is 25.3 Å². The molecule has 1 fully saturated rings. The molecule has 3 rings (SSSR count). The molecule has 0 spiro atoms. The van der Waals surface area contributed by atoms with Gasteiger partial charge in [0, 0.05) is 17.5 Å². The van der Waals surface area contributed by atoms with Gasteiger partial charge >= 0.3 is 12.3 Å². The molecule has 0 bridgehead atoms. The SMILES string of the molecule is CCOC(=O)C(C(=O)c1ccc(OC(F)(F)F)cc1)(c1ccc[nH]1)C1CC1. The van der Waals surface area contributed by atoms with Crippen LogP contribution in [0.15, 0.2) is 42.6 Å². The van der Waals surface area contributed by atoms with E-state index in [4.69, 9.17) is 4.74 Å². The molecule has 1 heterocycles. The zero-order chi connectivity index (χ0) is 19.7. The molecule has 27 heavy (non-hydrogen) atoms. The van der Waals surface area contributed by atoms with Crippen LogP contribution in [-0.4, -0.2) is 29.7 Å². The molecule has 5 nitrogen and oxygen atoms in total. The number of hydrogen-bond acceptors (Lipinski definition) is 4. The molecule has 1 unspecified atom stereocenters. The van der Waals surface area contributed by atoms with Crippen LogP contribution in [0.4, 0.5) is 13.2 Å². The number of hydrogen-bond donors (Lipinski definition) is 1. The number of alkyl halides is 3. The molecule has 8 heteroatoms. The highest BCUT2D eigenvalue weighted by atomic mass is 19.4. The molecule has 0 amide bonds. The normalized spacial score (nSPS) is 16.4. The molecule has 0 saturated heterocycles. The Morgan fingerprint density at radius 1 is 1.15 bits per heavy atom. The molecule has 1 aromatic carbocycles. The Kier molecular flexibility index (Phi) is 4.99. The minimum absolute atomic E-state index is 0.110. The summed E-state index contributed by atoms with van der Waals surface area (Å²) in [5.41, 5.74) is -1.01. The zero-order valence-corrected chi connectivity index (χ0v) is 14.5. The number of carbonyl (C=O) groups is 2. The summed E-state index contributed by atoms with van der Waals surface area (Å²) in [6.45, 7) is 1.76. The molecule has 1 N–H and O–H groups in total. The average molecular weight is 381 g/mol. The van der Waals surface area contributed by atoms with E-state index in [2.05, 4.69) is 9.72 Å². The maximum Gasteiger partial charge on any atom is 0.573 e. The maximum absolute atomic E-state index is 13.4. The van der Waals surface area contributed by atoms with Crippen molar-refractivity contribution in [1.29, 1.82) is 0 Å². The third kappa shape index (κ3) is 3.70. The van der Waals surface area contributed by atoms with Crippen molar-refractivity contribution in [2.24, 2.45) is 5.92 Å². The van der Waals surface area contributed by atoms with Crippen LogP contribution in [0.5, 0.6) is 5.75 Å². The van der Waals surface area contributed by atoms with E-state index in [1.165, 1.54) is 12.1 Å². The Balaban J connectivity index is 2.00.